The minimum absolute atomic E-state index is 0.670. The molecule has 0 aromatic carbocycles. The summed E-state index contributed by atoms with van der Waals surface area (Å²) in [6, 6.07) is 0. The Labute approximate surface area is 240 Å². The van der Waals surface area contributed by atoms with Crippen LogP contribution in [-0.2, 0) is 0 Å². The minimum Gasteiger partial charge on any atom is -0.330 e. The van der Waals surface area contributed by atoms with E-state index in [1.54, 1.807) is 0 Å². The molecule has 12 heteroatoms. The molecule has 234 valence electrons. The van der Waals surface area contributed by atoms with Crippen LogP contribution >= 0.6 is 0 Å². The molecule has 0 spiro atoms. The number of nitrogens with two attached hydrogens (primary N) is 5. The second-order valence-corrected chi connectivity index (χ2v) is 10.0. The number of nitrogens with one attached hydrogen (secondary N) is 2. The minimum atomic E-state index is 0.670. The fourth-order valence-corrected chi connectivity index (χ4v) is 4.50. The number of rotatable bonds is 31. The van der Waals surface area contributed by atoms with Crippen molar-refractivity contribution in [2.75, 3.05) is 144 Å². The monoisotopic (exact) mass is 559 g/mol. The van der Waals surface area contributed by atoms with Gasteiger partial charge in [0.05, 0.1) is 6.54 Å². The summed E-state index contributed by atoms with van der Waals surface area (Å²) in [4.78, 5) is 14.3. The van der Waals surface area contributed by atoms with Crippen LogP contribution in [0.4, 0.5) is 0 Å². The Balaban J connectivity index is 4.85. The summed E-state index contributed by atoms with van der Waals surface area (Å²) in [5.41, 5.74) is 28.8. The molecule has 0 saturated heterocycles. The third-order valence-corrected chi connectivity index (χ3v) is 6.84. The predicted octanol–water partition coefficient (Wildman–Crippen LogP) is -2.57. The smallest absolute Gasteiger partial charge is 0.0512 e. The molecule has 0 aromatic rings. The fraction of sp³-hybridized carbons (Fsp3) is 0.963. The fourth-order valence-electron chi connectivity index (χ4n) is 4.50. The van der Waals surface area contributed by atoms with Gasteiger partial charge in [0.15, 0.2) is 0 Å². The maximum Gasteiger partial charge on any atom is 0.0512 e. The summed E-state index contributed by atoms with van der Waals surface area (Å²) >= 11 is 0. The van der Waals surface area contributed by atoms with Crippen molar-refractivity contribution in [2.45, 2.75) is 26.2 Å². The third-order valence-electron chi connectivity index (χ3n) is 6.84. The Hall–Kier alpha value is -0.770. The first-order valence-electron chi connectivity index (χ1n) is 15.4. The van der Waals surface area contributed by atoms with E-state index in [0.29, 0.717) is 26.2 Å². The molecule has 0 heterocycles. The standard InChI is InChI=1S/C27H66N12/c1-2-33-12-20-38(19-10-32)26-24-36(16-5-3-4-6-28)25-27-39(22-13-34-11-7-29)23-15-35-14-21-37(17-8-30)18-9-31/h2,34-35H,3-32H2,1H3. The zero-order valence-corrected chi connectivity index (χ0v) is 25.4. The third kappa shape index (κ3) is 24.7. The average molecular weight is 559 g/mol. The molecule has 0 saturated carbocycles. The van der Waals surface area contributed by atoms with Gasteiger partial charge in [-0.3, -0.25) is 19.7 Å². The Morgan fingerprint density at radius 1 is 0.462 bits per heavy atom. The van der Waals surface area contributed by atoms with Gasteiger partial charge in [0.1, 0.15) is 0 Å². The van der Waals surface area contributed by atoms with Crippen molar-refractivity contribution in [3.05, 3.63) is 0 Å². The van der Waals surface area contributed by atoms with Gasteiger partial charge in [-0.05, 0) is 39.1 Å². The molecule has 0 amide bonds. The van der Waals surface area contributed by atoms with E-state index in [2.05, 4.69) is 35.2 Å². The molecule has 0 fully saturated rings. The van der Waals surface area contributed by atoms with Crippen LogP contribution < -0.4 is 39.3 Å². The predicted molar refractivity (Wildman–Crippen MR) is 170 cm³/mol. The number of nitrogens with zero attached hydrogens (tertiary/aromatic N) is 5. The lowest BCUT2D eigenvalue weighted by Crippen LogP contribution is -2.45. The molecule has 0 atom stereocenters. The molecule has 39 heavy (non-hydrogen) atoms. The molecule has 12 nitrogen and oxygen atoms in total. The topological polar surface area (TPSA) is 179 Å². The second-order valence-electron chi connectivity index (χ2n) is 10.0. The lowest BCUT2D eigenvalue weighted by atomic mass is 10.2. The zero-order valence-electron chi connectivity index (χ0n) is 25.4. The first kappa shape index (κ1) is 38.2. The molecular formula is C27H66N12. The van der Waals surface area contributed by atoms with Crippen molar-refractivity contribution in [3.8, 4) is 0 Å². The number of hydrogen-bond acceptors (Lipinski definition) is 12. The van der Waals surface area contributed by atoms with E-state index in [4.69, 9.17) is 28.7 Å². The van der Waals surface area contributed by atoms with E-state index >= 15 is 0 Å². The lowest BCUT2D eigenvalue weighted by Gasteiger charge is -2.30. The summed E-state index contributed by atoms with van der Waals surface area (Å²) in [5.74, 6) is 0. The van der Waals surface area contributed by atoms with Crippen LogP contribution in [0.1, 0.15) is 26.2 Å². The highest BCUT2D eigenvalue weighted by Gasteiger charge is 2.12. The normalized spacial score (nSPS) is 12.4. The molecule has 0 radical (unpaired) electrons. The van der Waals surface area contributed by atoms with Gasteiger partial charge in [0, 0.05) is 124 Å². The van der Waals surface area contributed by atoms with Crippen LogP contribution in [-0.4, -0.2) is 170 Å². The van der Waals surface area contributed by atoms with E-state index in [0.717, 1.165) is 124 Å². The summed E-state index contributed by atoms with van der Waals surface area (Å²) in [6.45, 7) is 22.0. The maximum atomic E-state index is 5.89. The zero-order chi connectivity index (χ0) is 28.8. The van der Waals surface area contributed by atoms with Crippen molar-refractivity contribution in [2.24, 2.45) is 33.7 Å². The van der Waals surface area contributed by atoms with Crippen LogP contribution in [0.25, 0.3) is 0 Å². The van der Waals surface area contributed by atoms with Gasteiger partial charge in [0.2, 0.25) is 0 Å². The van der Waals surface area contributed by atoms with Gasteiger partial charge in [-0.15, -0.1) is 0 Å². The molecule has 12 N–H and O–H groups in total. The van der Waals surface area contributed by atoms with Crippen LogP contribution in [0.2, 0.25) is 0 Å². The molecule has 0 aliphatic carbocycles. The van der Waals surface area contributed by atoms with Crippen molar-refractivity contribution in [1.29, 1.82) is 0 Å². The Morgan fingerprint density at radius 3 is 1.38 bits per heavy atom. The van der Waals surface area contributed by atoms with Gasteiger partial charge in [-0.25, -0.2) is 0 Å². The quantitative estimate of drug-likeness (QED) is 0.0351. The van der Waals surface area contributed by atoms with Gasteiger partial charge in [-0.2, -0.15) is 0 Å². The molecule has 0 rings (SSSR count). The Morgan fingerprint density at radius 2 is 0.923 bits per heavy atom. The average Bonchev–Trinajstić information content (AvgIpc) is 2.93. The highest BCUT2D eigenvalue weighted by atomic mass is 15.2. The summed E-state index contributed by atoms with van der Waals surface area (Å²) < 4.78 is 0. The highest BCUT2D eigenvalue weighted by Crippen LogP contribution is 2.01. The second kappa shape index (κ2) is 30.2. The number of hydrogen-bond donors (Lipinski definition) is 7. The number of unbranched alkanes of at least 4 members (excludes halogenated alkanes) is 2. The molecule has 0 aliphatic heterocycles. The summed E-state index contributed by atoms with van der Waals surface area (Å²) in [6.07, 6.45) is 5.36. The highest BCUT2D eigenvalue weighted by molar-refractivity contribution is 5.53. The molecule has 0 aliphatic rings. The van der Waals surface area contributed by atoms with Crippen LogP contribution in [0.15, 0.2) is 4.99 Å². The van der Waals surface area contributed by atoms with Crippen LogP contribution in [0.5, 0.6) is 0 Å². The lowest BCUT2D eigenvalue weighted by molar-refractivity contribution is 0.175. The van der Waals surface area contributed by atoms with Gasteiger partial charge >= 0.3 is 0 Å². The summed E-state index contributed by atoms with van der Waals surface area (Å²) in [7, 11) is 0. The van der Waals surface area contributed by atoms with E-state index in [1.807, 2.05) is 13.1 Å². The largest absolute Gasteiger partial charge is 0.330 e. The molecule has 0 unspecified atom stereocenters. The molecular weight excluding hydrogens is 492 g/mol. The Bertz CT molecular complexity index is 505. The Kier molecular flexibility index (Phi) is 29.6. The first-order valence-corrected chi connectivity index (χ1v) is 15.4. The molecule has 0 aromatic heterocycles. The van der Waals surface area contributed by atoms with Crippen LogP contribution in [0.3, 0.4) is 0 Å². The van der Waals surface area contributed by atoms with E-state index in [1.165, 1.54) is 12.8 Å². The maximum absolute atomic E-state index is 5.89. The summed E-state index contributed by atoms with van der Waals surface area (Å²) in [5, 5.41) is 7.07. The van der Waals surface area contributed by atoms with Crippen molar-refractivity contribution < 1.29 is 0 Å². The van der Waals surface area contributed by atoms with E-state index in [9.17, 15) is 0 Å². The SMILES string of the molecule is CC=NCCN(CCN)CCN(CCCCCN)CCN(CCNCCN)CCNCCN(CCN)CCN. The van der Waals surface area contributed by atoms with E-state index < -0.39 is 0 Å². The van der Waals surface area contributed by atoms with Gasteiger partial charge in [0.25, 0.3) is 0 Å². The van der Waals surface area contributed by atoms with Gasteiger partial charge < -0.3 is 44.2 Å². The molecule has 0 bridgehead atoms. The van der Waals surface area contributed by atoms with Gasteiger partial charge in [-0.1, -0.05) is 6.42 Å². The van der Waals surface area contributed by atoms with Crippen molar-refractivity contribution in [3.63, 3.8) is 0 Å². The first-order chi connectivity index (χ1) is 19.1. The van der Waals surface area contributed by atoms with E-state index in [-0.39, 0.29) is 0 Å². The number of aliphatic imine (C=N–C) groups is 1. The van der Waals surface area contributed by atoms with Crippen molar-refractivity contribution >= 4 is 6.21 Å². The van der Waals surface area contributed by atoms with Crippen molar-refractivity contribution in [1.82, 2.24) is 30.2 Å². The van der Waals surface area contributed by atoms with Crippen LogP contribution in [0, 0.1) is 0 Å².